The van der Waals surface area contributed by atoms with Crippen LogP contribution in [0.4, 0.5) is 0 Å². The summed E-state index contributed by atoms with van der Waals surface area (Å²) >= 11 is 0. The highest BCUT2D eigenvalue weighted by Gasteiger charge is 2.35. The maximum atomic E-state index is 12.6. The van der Waals surface area contributed by atoms with Gasteiger partial charge < -0.3 is 28.8 Å². The smallest absolute Gasteiger partial charge is 0.147 e. The highest BCUT2D eigenvalue weighted by molar-refractivity contribution is 6.10. The van der Waals surface area contributed by atoms with E-state index in [-0.39, 0.29) is 23.7 Å². The molecule has 6 nitrogen and oxygen atoms in total. The minimum atomic E-state index is -0.124. The molecule has 0 saturated heterocycles. The van der Waals surface area contributed by atoms with Gasteiger partial charge in [0, 0.05) is 50.2 Å². The van der Waals surface area contributed by atoms with Crippen LogP contribution >= 0.6 is 0 Å². The number of fused-ring (bicyclic) bond motifs is 6. The number of hydrogen-bond acceptors (Lipinski definition) is 4. The van der Waals surface area contributed by atoms with E-state index in [1.807, 2.05) is 13.8 Å². The number of para-hydroxylation sites is 6. The number of aromatic nitrogens is 2. The Hall–Kier alpha value is -7.44. The van der Waals surface area contributed by atoms with Crippen LogP contribution in [-0.2, 0) is 0 Å². The maximum absolute atomic E-state index is 12.6. The second-order valence-corrected chi connectivity index (χ2v) is 20.8. The van der Waals surface area contributed by atoms with Gasteiger partial charge in [-0.2, -0.15) is 0 Å². The third-order valence-corrected chi connectivity index (χ3v) is 16.1. The van der Waals surface area contributed by atoms with Crippen LogP contribution < -0.4 is 9.47 Å². The largest absolute Gasteiger partial charge is 0.505 e. The van der Waals surface area contributed by atoms with Gasteiger partial charge in [0.2, 0.25) is 0 Å². The summed E-state index contributed by atoms with van der Waals surface area (Å²) in [5, 5.41) is 29.8. The van der Waals surface area contributed by atoms with E-state index in [0.29, 0.717) is 11.8 Å². The summed E-state index contributed by atoms with van der Waals surface area (Å²) in [5.41, 5.74) is 11.1. The number of phenolic OH excluding ortho intramolecular Hbond substituents is 2. The standard InChI is InChI=1S/C66H64N2O4.C2H6/c1-43-38-53(65(69)59(40-43)67-55-32-16-10-26-47(55)48-27-11-17-33-56(48)67)51-30-14-20-36-61(51)71-63(45-22-6-3-4-7-23-45)42-64(46-24-8-5-9-25-46)72-62-37-21-15-31-52(62)54-39-44(2)41-60(66(54)70)68-57-34-18-12-28-49(57)50-29-13-19-35-58(50)68;1-2/h10-21,26-41,45-46,63-64,69-70H,3-9,22-25,42H2,1-2H3;1-2H3/t63-,64?;/m0./s1. The Labute approximate surface area is 436 Å². The van der Waals surface area contributed by atoms with Gasteiger partial charge in [-0.25, -0.2) is 0 Å². The van der Waals surface area contributed by atoms with Gasteiger partial charge in [0.25, 0.3) is 0 Å². The van der Waals surface area contributed by atoms with Crippen LogP contribution in [0.15, 0.2) is 170 Å². The molecular formula is C68H70N2O4. The Morgan fingerprint density at radius 1 is 0.405 bits per heavy atom. The first kappa shape index (κ1) is 48.8. The molecule has 2 N–H and O–H groups in total. The van der Waals surface area contributed by atoms with Crippen molar-refractivity contribution in [2.24, 2.45) is 11.8 Å². The molecule has 0 bridgehead atoms. The Bertz CT molecular complexity index is 3480. The minimum Gasteiger partial charge on any atom is -0.505 e. The van der Waals surface area contributed by atoms with Crippen LogP contribution in [0.2, 0.25) is 0 Å². The van der Waals surface area contributed by atoms with Crippen LogP contribution in [0.5, 0.6) is 23.0 Å². The van der Waals surface area contributed by atoms with E-state index >= 15 is 0 Å². The number of rotatable bonds is 12. The molecule has 2 heterocycles. The fourth-order valence-corrected chi connectivity index (χ4v) is 12.6. The topological polar surface area (TPSA) is 68.8 Å². The number of nitrogens with zero attached hydrogens (tertiary/aromatic N) is 2. The van der Waals surface area contributed by atoms with Gasteiger partial charge in [-0.3, -0.25) is 0 Å². The van der Waals surface area contributed by atoms with E-state index in [9.17, 15) is 10.2 Å². The number of hydrogen-bond donors (Lipinski definition) is 2. The molecule has 6 heteroatoms. The number of aromatic hydroxyl groups is 2. The minimum absolute atomic E-state index is 0.120. The predicted octanol–water partition coefficient (Wildman–Crippen LogP) is 18.4. The number of aryl methyl sites for hydroxylation is 2. The summed E-state index contributed by atoms with van der Waals surface area (Å²) in [5.74, 6) is 2.73. The third-order valence-electron chi connectivity index (χ3n) is 16.1. The van der Waals surface area contributed by atoms with Crippen molar-refractivity contribution in [3.05, 3.63) is 181 Å². The Morgan fingerprint density at radius 3 is 1.08 bits per heavy atom. The maximum Gasteiger partial charge on any atom is 0.147 e. The van der Waals surface area contributed by atoms with Crippen molar-refractivity contribution in [2.45, 2.75) is 117 Å². The van der Waals surface area contributed by atoms with Crippen molar-refractivity contribution in [1.82, 2.24) is 9.13 Å². The first-order chi connectivity index (χ1) is 36.4. The zero-order chi connectivity index (χ0) is 50.7. The molecule has 12 rings (SSSR count). The van der Waals surface area contributed by atoms with Crippen LogP contribution in [0.25, 0.3) is 77.2 Å². The number of ether oxygens (including phenoxy) is 2. The monoisotopic (exact) mass is 979 g/mol. The summed E-state index contributed by atoms with van der Waals surface area (Å²) in [6, 6.07) is 58.9. The quantitative estimate of drug-likeness (QED) is 0.120. The number of benzene rings is 8. The average Bonchev–Trinajstić information content (AvgIpc) is 3.80. The van der Waals surface area contributed by atoms with Crippen LogP contribution in [0.1, 0.15) is 102 Å². The zero-order valence-corrected chi connectivity index (χ0v) is 43.6. The van der Waals surface area contributed by atoms with Crippen LogP contribution in [-0.4, -0.2) is 31.6 Å². The van der Waals surface area contributed by atoms with Crippen LogP contribution in [0, 0.1) is 25.7 Å². The molecule has 0 spiro atoms. The summed E-state index contributed by atoms with van der Waals surface area (Å²) in [7, 11) is 0. The average molecular weight is 979 g/mol. The Morgan fingerprint density at radius 2 is 0.716 bits per heavy atom. The van der Waals surface area contributed by atoms with E-state index in [4.69, 9.17) is 9.47 Å². The summed E-state index contributed by atoms with van der Waals surface area (Å²) in [6.07, 6.45) is 13.4. The van der Waals surface area contributed by atoms with Crippen molar-refractivity contribution < 1.29 is 19.7 Å². The number of phenols is 2. The van der Waals surface area contributed by atoms with E-state index in [0.717, 1.165) is 132 Å². The molecule has 2 fully saturated rings. The van der Waals surface area contributed by atoms with Gasteiger partial charge in [0.1, 0.15) is 35.2 Å². The van der Waals surface area contributed by atoms with E-state index in [1.165, 1.54) is 44.9 Å². The molecule has 74 heavy (non-hydrogen) atoms. The normalized spacial score (nSPS) is 15.5. The lowest BCUT2D eigenvalue weighted by molar-refractivity contribution is 0.0307. The van der Waals surface area contributed by atoms with E-state index in [1.54, 1.807) is 0 Å². The van der Waals surface area contributed by atoms with Crippen molar-refractivity contribution in [2.75, 3.05) is 0 Å². The second kappa shape index (κ2) is 21.6. The first-order valence-corrected chi connectivity index (χ1v) is 27.6. The lowest BCUT2D eigenvalue weighted by Gasteiger charge is -2.36. The molecule has 0 amide bonds. The summed E-state index contributed by atoms with van der Waals surface area (Å²) in [6.45, 7) is 8.23. The lowest BCUT2D eigenvalue weighted by Crippen LogP contribution is -2.38. The van der Waals surface area contributed by atoms with Gasteiger partial charge in [-0.05, 0) is 123 Å². The summed E-state index contributed by atoms with van der Waals surface area (Å²) < 4.78 is 19.5. The Balaban J connectivity index is 0.00000291. The molecule has 10 aromatic rings. The molecule has 2 aliphatic carbocycles. The lowest BCUT2D eigenvalue weighted by atomic mass is 9.80. The SMILES string of the molecule is CC.Cc1cc(-c2ccccc2OC(C[C@H](Oc2ccccc2-c2cc(C)cc(-n3c4ccccc4c4ccccc43)c2O)C2CCCCCC2)C2CCCCC2)c(O)c(-n2c3ccccc3c3ccccc32)c1. The van der Waals surface area contributed by atoms with Gasteiger partial charge >= 0.3 is 0 Å². The Kier molecular flexibility index (Phi) is 14.2. The van der Waals surface area contributed by atoms with Crippen molar-refractivity contribution in [3.8, 4) is 56.6 Å². The summed E-state index contributed by atoms with van der Waals surface area (Å²) in [4.78, 5) is 0. The van der Waals surface area contributed by atoms with Crippen LogP contribution in [0.3, 0.4) is 0 Å². The zero-order valence-electron chi connectivity index (χ0n) is 43.6. The van der Waals surface area contributed by atoms with Gasteiger partial charge in [-0.1, -0.05) is 168 Å². The molecule has 0 aliphatic heterocycles. The molecule has 2 aliphatic rings. The van der Waals surface area contributed by atoms with E-state index < -0.39 is 0 Å². The fraction of sp³-hybridized carbons (Fsp3) is 0.294. The highest BCUT2D eigenvalue weighted by atomic mass is 16.5. The molecule has 2 aromatic heterocycles. The molecule has 0 radical (unpaired) electrons. The predicted molar refractivity (Wildman–Crippen MR) is 308 cm³/mol. The first-order valence-electron chi connectivity index (χ1n) is 27.6. The molecule has 8 aromatic carbocycles. The van der Waals surface area contributed by atoms with Gasteiger partial charge in [0.15, 0.2) is 0 Å². The van der Waals surface area contributed by atoms with Crippen molar-refractivity contribution in [3.63, 3.8) is 0 Å². The second-order valence-electron chi connectivity index (χ2n) is 20.8. The van der Waals surface area contributed by atoms with Gasteiger partial charge in [0.05, 0.1) is 33.4 Å². The van der Waals surface area contributed by atoms with E-state index in [2.05, 4.69) is 193 Å². The van der Waals surface area contributed by atoms with Crippen molar-refractivity contribution >= 4 is 43.6 Å². The molecule has 2 atom stereocenters. The molecular weight excluding hydrogens is 909 g/mol. The van der Waals surface area contributed by atoms with Gasteiger partial charge in [-0.15, -0.1) is 0 Å². The molecule has 2 saturated carbocycles. The molecule has 1 unspecified atom stereocenters. The van der Waals surface area contributed by atoms with Crippen molar-refractivity contribution in [1.29, 1.82) is 0 Å². The fourth-order valence-electron chi connectivity index (χ4n) is 12.6. The highest BCUT2D eigenvalue weighted by Crippen LogP contribution is 2.47. The third kappa shape index (κ3) is 9.29. The molecule has 376 valence electrons.